The lowest BCUT2D eigenvalue weighted by Gasteiger charge is -2.10. The minimum absolute atomic E-state index is 0.220. The van der Waals surface area contributed by atoms with Crippen LogP contribution in [-0.4, -0.2) is 44.2 Å². The molecule has 0 aromatic heterocycles. The number of rotatable bonds is 8. The first-order chi connectivity index (χ1) is 7.05. The highest BCUT2D eigenvalue weighted by Gasteiger charge is 2.28. The second kappa shape index (κ2) is 5.82. The van der Waals surface area contributed by atoms with Gasteiger partial charge in [0.05, 0.1) is 11.9 Å². The van der Waals surface area contributed by atoms with Crippen molar-refractivity contribution in [3.05, 3.63) is 0 Å². The van der Waals surface area contributed by atoms with Crippen molar-refractivity contribution >= 4 is 9.84 Å². The predicted octanol–water partition coefficient (Wildman–Crippen LogP) is 0.172. The molecule has 0 heterocycles. The van der Waals surface area contributed by atoms with Crippen LogP contribution in [0.2, 0.25) is 0 Å². The van der Waals surface area contributed by atoms with Crippen LogP contribution < -0.4 is 5.32 Å². The number of aliphatic hydroxyl groups excluding tert-OH is 1. The molecule has 1 rings (SSSR count). The lowest BCUT2D eigenvalue weighted by atomic mass is 10.2. The summed E-state index contributed by atoms with van der Waals surface area (Å²) in [5, 5.41) is 12.6. The molecule has 0 saturated heterocycles. The fourth-order valence-corrected chi connectivity index (χ4v) is 2.33. The van der Waals surface area contributed by atoms with Gasteiger partial charge in [-0.25, -0.2) is 8.42 Å². The van der Waals surface area contributed by atoms with Gasteiger partial charge in [-0.1, -0.05) is 6.92 Å². The topological polar surface area (TPSA) is 66.4 Å². The van der Waals surface area contributed by atoms with Crippen LogP contribution in [-0.2, 0) is 9.84 Å². The summed E-state index contributed by atoms with van der Waals surface area (Å²) in [4.78, 5) is 0. The largest absolute Gasteiger partial charge is 0.392 e. The molecule has 1 fully saturated rings. The van der Waals surface area contributed by atoms with Crippen molar-refractivity contribution in [1.29, 1.82) is 0 Å². The van der Waals surface area contributed by atoms with Gasteiger partial charge in [-0.3, -0.25) is 0 Å². The van der Waals surface area contributed by atoms with Crippen LogP contribution in [0.25, 0.3) is 0 Å². The second-order valence-corrected chi connectivity index (χ2v) is 6.67. The van der Waals surface area contributed by atoms with Crippen molar-refractivity contribution < 1.29 is 13.5 Å². The van der Waals surface area contributed by atoms with Gasteiger partial charge in [-0.05, 0) is 31.7 Å². The van der Waals surface area contributed by atoms with E-state index < -0.39 is 9.84 Å². The molecule has 15 heavy (non-hydrogen) atoms. The third-order valence-corrected chi connectivity index (χ3v) is 4.56. The molecule has 0 aromatic carbocycles. The lowest BCUT2D eigenvalue weighted by molar-refractivity contribution is 0.149. The highest BCUT2D eigenvalue weighted by molar-refractivity contribution is 7.91. The van der Waals surface area contributed by atoms with Crippen molar-refractivity contribution in [3.63, 3.8) is 0 Å². The van der Waals surface area contributed by atoms with Gasteiger partial charge >= 0.3 is 0 Å². The summed E-state index contributed by atoms with van der Waals surface area (Å²) < 4.78 is 22.3. The fraction of sp³-hybridized carbons (Fsp3) is 1.00. The Balaban J connectivity index is 1.97. The summed E-state index contributed by atoms with van der Waals surface area (Å²) in [7, 11) is -2.83. The van der Waals surface area contributed by atoms with E-state index in [1.54, 1.807) is 6.92 Å². The average molecular weight is 235 g/mol. The van der Waals surface area contributed by atoms with Gasteiger partial charge < -0.3 is 10.4 Å². The maximum Gasteiger partial charge on any atom is 0.150 e. The molecule has 0 aromatic rings. The van der Waals surface area contributed by atoms with Crippen molar-refractivity contribution in [3.8, 4) is 0 Å². The fourth-order valence-electron chi connectivity index (χ4n) is 1.46. The molecule has 0 radical (unpaired) electrons. The number of sulfone groups is 1. The van der Waals surface area contributed by atoms with Gasteiger partial charge in [0.1, 0.15) is 9.84 Å². The van der Waals surface area contributed by atoms with Gasteiger partial charge in [0.25, 0.3) is 0 Å². The molecular weight excluding hydrogens is 214 g/mol. The number of aliphatic hydroxyl groups is 1. The van der Waals surface area contributed by atoms with Crippen LogP contribution in [0.15, 0.2) is 0 Å². The van der Waals surface area contributed by atoms with Gasteiger partial charge in [-0.15, -0.1) is 0 Å². The molecular formula is C10H21NO3S. The van der Waals surface area contributed by atoms with Crippen molar-refractivity contribution in [2.75, 3.05) is 24.6 Å². The molecule has 5 heteroatoms. The molecule has 0 bridgehead atoms. The van der Waals surface area contributed by atoms with Crippen LogP contribution in [0.5, 0.6) is 0 Å². The Kier molecular flexibility index (Phi) is 5.02. The Morgan fingerprint density at radius 1 is 1.47 bits per heavy atom. The zero-order chi connectivity index (χ0) is 11.3. The minimum Gasteiger partial charge on any atom is -0.392 e. The summed E-state index contributed by atoms with van der Waals surface area (Å²) in [5.41, 5.74) is 0. The average Bonchev–Trinajstić information content (AvgIpc) is 3.00. The van der Waals surface area contributed by atoms with Gasteiger partial charge in [0.2, 0.25) is 0 Å². The lowest BCUT2D eigenvalue weighted by Crippen LogP contribution is -2.29. The summed E-state index contributed by atoms with van der Waals surface area (Å²) in [6, 6.07) is 0. The van der Waals surface area contributed by atoms with E-state index in [4.69, 9.17) is 0 Å². The van der Waals surface area contributed by atoms with Crippen LogP contribution in [0.1, 0.15) is 26.2 Å². The third-order valence-electron chi connectivity index (χ3n) is 2.77. The van der Waals surface area contributed by atoms with Crippen molar-refractivity contribution in [1.82, 2.24) is 5.32 Å². The summed E-state index contributed by atoms with van der Waals surface area (Å²) in [6.45, 7) is 2.93. The predicted molar refractivity (Wildman–Crippen MR) is 60.5 cm³/mol. The van der Waals surface area contributed by atoms with Crippen LogP contribution in [0.4, 0.5) is 0 Å². The molecule has 90 valence electrons. The van der Waals surface area contributed by atoms with E-state index in [9.17, 15) is 13.5 Å². The van der Waals surface area contributed by atoms with E-state index in [-0.39, 0.29) is 17.6 Å². The maximum atomic E-state index is 11.1. The smallest absolute Gasteiger partial charge is 0.150 e. The Morgan fingerprint density at radius 2 is 2.13 bits per heavy atom. The van der Waals surface area contributed by atoms with E-state index >= 15 is 0 Å². The number of nitrogens with one attached hydrogen (secondary N) is 1. The van der Waals surface area contributed by atoms with E-state index in [1.807, 2.05) is 0 Å². The van der Waals surface area contributed by atoms with E-state index in [1.165, 1.54) is 0 Å². The Hall–Kier alpha value is -0.130. The molecule has 0 amide bonds. The summed E-state index contributed by atoms with van der Waals surface area (Å²) in [5.74, 6) is 0.949. The van der Waals surface area contributed by atoms with Crippen LogP contribution in [0, 0.1) is 5.92 Å². The first-order valence-electron chi connectivity index (χ1n) is 5.64. The monoisotopic (exact) mass is 235 g/mol. The van der Waals surface area contributed by atoms with Crippen LogP contribution in [0.3, 0.4) is 0 Å². The maximum absolute atomic E-state index is 11.1. The SMILES string of the molecule is CCS(=O)(=O)CCCNCC(O)C1CC1. The van der Waals surface area contributed by atoms with Crippen LogP contribution >= 0.6 is 0 Å². The molecule has 1 unspecified atom stereocenters. The molecule has 1 aliphatic rings. The van der Waals surface area contributed by atoms with E-state index in [0.29, 0.717) is 25.4 Å². The molecule has 4 nitrogen and oxygen atoms in total. The number of hydrogen-bond acceptors (Lipinski definition) is 4. The molecule has 0 spiro atoms. The Bertz CT molecular complexity index is 272. The molecule has 0 aliphatic heterocycles. The van der Waals surface area contributed by atoms with Gasteiger partial charge in [0, 0.05) is 12.3 Å². The molecule has 1 aliphatic carbocycles. The zero-order valence-corrected chi connectivity index (χ0v) is 10.1. The van der Waals surface area contributed by atoms with Crippen molar-refractivity contribution in [2.45, 2.75) is 32.3 Å². The zero-order valence-electron chi connectivity index (χ0n) is 9.28. The first-order valence-corrected chi connectivity index (χ1v) is 7.46. The standard InChI is InChI=1S/C10H21NO3S/c1-2-15(13,14)7-3-6-11-8-10(12)9-4-5-9/h9-12H,2-8H2,1H3. The minimum atomic E-state index is -2.83. The molecule has 2 N–H and O–H groups in total. The van der Waals surface area contributed by atoms with Crippen molar-refractivity contribution in [2.24, 2.45) is 5.92 Å². The van der Waals surface area contributed by atoms with Gasteiger partial charge in [-0.2, -0.15) is 0 Å². The normalized spacial score (nSPS) is 19.1. The molecule has 1 saturated carbocycles. The van der Waals surface area contributed by atoms with Gasteiger partial charge in [0.15, 0.2) is 0 Å². The quantitative estimate of drug-likeness (QED) is 0.589. The Labute approximate surface area is 92.0 Å². The third kappa shape index (κ3) is 5.49. The Morgan fingerprint density at radius 3 is 2.67 bits per heavy atom. The summed E-state index contributed by atoms with van der Waals surface area (Å²) >= 11 is 0. The highest BCUT2D eigenvalue weighted by atomic mass is 32.2. The molecule has 1 atom stereocenters. The number of hydrogen-bond donors (Lipinski definition) is 2. The highest BCUT2D eigenvalue weighted by Crippen LogP contribution is 2.32. The first kappa shape index (κ1) is 12.9. The second-order valence-electron chi connectivity index (χ2n) is 4.20. The van der Waals surface area contributed by atoms with E-state index in [0.717, 1.165) is 12.8 Å². The summed E-state index contributed by atoms with van der Waals surface area (Å²) in [6.07, 6.45) is 2.65. The van der Waals surface area contributed by atoms with E-state index in [2.05, 4.69) is 5.32 Å².